The molecule has 4 nitrogen and oxygen atoms in total. The summed E-state index contributed by atoms with van der Waals surface area (Å²) in [6.07, 6.45) is 3.83. The molecule has 0 aliphatic rings. The molecule has 1 aromatic rings. The van der Waals surface area contributed by atoms with E-state index in [9.17, 15) is 9.90 Å². The highest BCUT2D eigenvalue weighted by Crippen LogP contribution is 2.20. The molecule has 100 valence electrons. The van der Waals surface area contributed by atoms with Crippen molar-refractivity contribution in [1.82, 2.24) is 10.3 Å². The molecular weight excluding hydrogens is 228 g/mol. The first kappa shape index (κ1) is 14.6. The van der Waals surface area contributed by atoms with E-state index in [4.69, 9.17) is 0 Å². The lowest BCUT2D eigenvalue weighted by atomic mass is 9.89. The van der Waals surface area contributed by atoms with E-state index < -0.39 is 6.10 Å². The van der Waals surface area contributed by atoms with Crippen LogP contribution in [0.1, 0.15) is 32.8 Å². The Morgan fingerprint density at radius 3 is 2.56 bits per heavy atom. The number of hydrogen-bond donors (Lipinski definition) is 2. The summed E-state index contributed by atoms with van der Waals surface area (Å²) in [5.41, 5.74) is 0.989. The number of aromatic nitrogens is 1. The molecule has 1 aromatic heterocycles. The number of aliphatic hydroxyl groups excluding tert-OH is 1. The fourth-order valence-electron chi connectivity index (χ4n) is 1.76. The second kappa shape index (κ2) is 6.50. The minimum Gasteiger partial charge on any atom is -0.391 e. The highest BCUT2D eigenvalue weighted by Gasteiger charge is 2.17. The van der Waals surface area contributed by atoms with Crippen molar-refractivity contribution >= 4 is 5.91 Å². The van der Waals surface area contributed by atoms with Crippen LogP contribution in [-0.4, -0.2) is 28.6 Å². The predicted molar refractivity (Wildman–Crippen MR) is 71.0 cm³/mol. The lowest BCUT2D eigenvalue weighted by Gasteiger charge is -2.22. The first-order valence-electron chi connectivity index (χ1n) is 6.20. The van der Waals surface area contributed by atoms with Crippen molar-refractivity contribution in [3.05, 3.63) is 30.1 Å². The van der Waals surface area contributed by atoms with Gasteiger partial charge < -0.3 is 10.4 Å². The average molecular weight is 250 g/mol. The van der Waals surface area contributed by atoms with E-state index in [0.29, 0.717) is 19.4 Å². The van der Waals surface area contributed by atoms with Gasteiger partial charge in [0.05, 0.1) is 12.5 Å². The second-order valence-electron chi connectivity index (χ2n) is 5.75. The maximum absolute atomic E-state index is 11.6. The number of carbonyl (C=O) groups excluding carboxylic acids is 1. The first-order chi connectivity index (χ1) is 8.37. The van der Waals surface area contributed by atoms with Gasteiger partial charge in [0.2, 0.25) is 5.91 Å². The monoisotopic (exact) mass is 250 g/mol. The molecule has 1 amide bonds. The van der Waals surface area contributed by atoms with E-state index in [2.05, 4.69) is 31.1 Å². The van der Waals surface area contributed by atoms with Gasteiger partial charge in [0, 0.05) is 18.9 Å². The maximum Gasteiger partial charge on any atom is 0.224 e. The normalized spacial score (nSPS) is 13.1. The zero-order chi connectivity index (χ0) is 13.6. The molecule has 2 N–H and O–H groups in total. The first-order valence-corrected chi connectivity index (χ1v) is 6.20. The van der Waals surface area contributed by atoms with E-state index in [1.165, 1.54) is 0 Å². The Bertz CT molecular complexity index is 371. The smallest absolute Gasteiger partial charge is 0.224 e. The third kappa shape index (κ3) is 6.35. The minimum atomic E-state index is -0.494. The van der Waals surface area contributed by atoms with Gasteiger partial charge in [0.1, 0.15) is 0 Å². The fraction of sp³-hybridized carbons (Fsp3) is 0.571. The number of amides is 1. The summed E-state index contributed by atoms with van der Waals surface area (Å²) in [6.45, 7) is 6.50. The van der Waals surface area contributed by atoms with Crippen LogP contribution in [0.5, 0.6) is 0 Å². The van der Waals surface area contributed by atoms with Crippen LogP contribution in [0.15, 0.2) is 24.5 Å². The van der Waals surface area contributed by atoms with Gasteiger partial charge in [-0.2, -0.15) is 0 Å². The second-order valence-corrected chi connectivity index (χ2v) is 5.75. The molecule has 1 rings (SSSR count). The van der Waals surface area contributed by atoms with Gasteiger partial charge in [0.15, 0.2) is 0 Å². The quantitative estimate of drug-likeness (QED) is 0.833. The summed E-state index contributed by atoms with van der Waals surface area (Å²) in [6, 6.07) is 3.62. The van der Waals surface area contributed by atoms with Crippen molar-refractivity contribution < 1.29 is 9.90 Å². The summed E-state index contributed by atoms with van der Waals surface area (Å²) in [4.78, 5) is 15.5. The maximum atomic E-state index is 11.6. The molecule has 0 bridgehead atoms. The van der Waals surface area contributed by atoms with Crippen LogP contribution in [0.25, 0.3) is 0 Å². The summed E-state index contributed by atoms with van der Waals surface area (Å²) < 4.78 is 0. The number of aliphatic hydroxyl groups is 1. The number of rotatable bonds is 5. The van der Waals surface area contributed by atoms with Crippen molar-refractivity contribution in [2.75, 3.05) is 6.54 Å². The molecule has 0 radical (unpaired) electrons. The van der Waals surface area contributed by atoms with Crippen LogP contribution in [-0.2, 0) is 11.2 Å². The van der Waals surface area contributed by atoms with E-state index in [1.54, 1.807) is 12.4 Å². The van der Waals surface area contributed by atoms with Gasteiger partial charge >= 0.3 is 0 Å². The molecule has 4 heteroatoms. The van der Waals surface area contributed by atoms with E-state index in [1.807, 2.05) is 12.1 Å². The Kier molecular flexibility index (Phi) is 5.28. The Morgan fingerprint density at radius 2 is 2.00 bits per heavy atom. The molecule has 0 saturated carbocycles. The summed E-state index contributed by atoms with van der Waals surface area (Å²) in [5.74, 6) is -0.0749. The van der Waals surface area contributed by atoms with E-state index >= 15 is 0 Å². The number of hydrogen-bond acceptors (Lipinski definition) is 3. The molecule has 1 atom stereocenters. The SMILES string of the molecule is CC(C)(C)CC(O)CNC(=O)Cc1ccncc1. The molecule has 0 spiro atoms. The Morgan fingerprint density at radius 1 is 1.39 bits per heavy atom. The van der Waals surface area contributed by atoms with Crippen LogP contribution in [0.4, 0.5) is 0 Å². The zero-order valence-corrected chi connectivity index (χ0v) is 11.3. The molecule has 0 aromatic carbocycles. The highest BCUT2D eigenvalue weighted by molar-refractivity contribution is 5.78. The third-order valence-corrected chi connectivity index (χ3v) is 2.50. The third-order valence-electron chi connectivity index (χ3n) is 2.50. The van der Waals surface area contributed by atoms with Gasteiger partial charge in [0.25, 0.3) is 0 Å². The van der Waals surface area contributed by atoms with Crippen molar-refractivity contribution in [2.24, 2.45) is 5.41 Å². The van der Waals surface area contributed by atoms with Crippen LogP contribution in [0.3, 0.4) is 0 Å². The van der Waals surface area contributed by atoms with Crippen molar-refractivity contribution in [3.8, 4) is 0 Å². The zero-order valence-electron chi connectivity index (χ0n) is 11.3. The molecule has 0 aliphatic carbocycles. The van der Waals surface area contributed by atoms with Crippen molar-refractivity contribution in [2.45, 2.75) is 39.7 Å². The van der Waals surface area contributed by atoms with Gasteiger partial charge in [-0.1, -0.05) is 20.8 Å². The molecule has 0 saturated heterocycles. The number of nitrogens with zero attached hydrogens (tertiary/aromatic N) is 1. The van der Waals surface area contributed by atoms with Crippen LogP contribution in [0, 0.1) is 5.41 Å². The molecule has 1 unspecified atom stereocenters. The van der Waals surface area contributed by atoms with Gasteiger partial charge in [-0.15, -0.1) is 0 Å². The average Bonchev–Trinajstić information content (AvgIpc) is 2.25. The fourth-order valence-corrected chi connectivity index (χ4v) is 1.76. The number of carbonyl (C=O) groups is 1. The van der Waals surface area contributed by atoms with Gasteiger partial charge in [-0.25, -0.2) is 0 Å². The minimum absolute atomic E-state index is 0.0647. The van der Waals surface area contributed by atoms with Crippen molar-refractivity contribution in [1.29, 1.82) is 0 Å². The standard InChI is InChI=1S/C14H22N2O2/c1-14(2,3)9-12(17)10-16-13(18)8-11-4-6-15-7-5-11/h4-7,12,17H,8-10H2,1-3H3,(H,16,18). The molecule has 18 heavy (non-hydrogen) atoms. The van der Waals surface area contributed by atoms with Crippen LogP contribution in [0.2, 0.25) is 0 Å². The van der Waals surface area contributed by atoms with Crippen molar-refractivity contribution in [3.63, 3.8) is 0 Å². The van der Waals surface area contributed by atoms with Gasteiger partial charge in [-0.3, -0.25) is 9.78 Å². The van der Waals surface area contributed by atoms with Gasteiger partial charge in [-0.05, 0) is 29.5 Å². The topological polar surface area (TPSA) is 62.2 Å². The van der Waals surface area contributed by atoms with E-state index in [-0.39, 0.29) is 11.3 Å². The van der Waals surface area contributed by atoms with E-state index in [0.717, 1.165) is 5.56 Å². The molecule has 0 fully saturated rings. The summed E-state index contributed by atoms with van der Waals surface area (Å²) in [7, 11) is 0. The number of nitrogens with one attached hydrogen (secondary N) is 1. The predicted octanol–water partition coefficient (Wildman–Crippen LogP) is 1.54. The molecule has 0 aliphatic heterocycles. The summed E-state index contributed by atoms with van der Waals surface area (Å²) in [5, 5.41) is 12.5. The lowest BCUT2D eigenvalue weighted by Crippen LogP contribution is -2.35. The lowest BCUT2D eigenvalue weighted by molar-refractivity contribution is -0.121. The Balaban J connectivity index is 2.29. The largest absolute Gasteiger partial charge is 0.391 e. The molecule has 1 heterocycles. The van der Waals surface area contributed by atoms with Crippen LogP contribution < -0.4 is 5.32 Å². The highest BCUT2D eigenvalue weighted by atomic mass is 16.3. The molecular formula is C14H22N2O2. The Labute approximate surface area is 108 Å². The van der Waals surface area contributed by atoms with Crippen LogP contribution >= 0.6 is 0 Å². The number of pyridine rings is 1. The Hall–Kier alpha value is -1.42. The summed E-state index contributed by atoms with van der Waals surface area (Å²) >= 11 is 0.